The Bertz CT molecular complexity index is 475. The molecule has 0 unspecified atom stereocenters. The molecule has 0 atom stereocenters. The normalized spacial score (nSPS) is 10.7. The Morgan fingerprint density at radius 3 is 2.10 bits per heavy atom. The molecule has 1 rings (SSSR count). The third-order valence-electron chi connectivity index (χ3n) is 2.47. The van der Waals surface area contributed by atoms with Crippen LogP contribution in [0.3, 0.4) is 0 Å². The number of carbonyl (C=O) groups is 2. The number of Topliss-reactive ketones (excluding diaryl/α,β-unsaturated/α-hetero) is 1. The monoisotopic (exact) mass is 310 g/mol. The molecule has 8 heteroatoms. The molecular formula is C12H14ClF3N2O2. The van der Waals surface area contributed by atoms with E-state index in [0.29, 0.717) is 16.0 Å². The average Bonchev–Trinajstić information content (AvgIpc) is 2.36. The molecule has 1 aromatic carbocycles. The molecule has 0 radical (unpaired) electrons. The molecule has 2 N–H and O–H groups in total. The highest BCUT2D eigenvalue weighted by Gasteiger charge is 2.41. The van der Waals surface area contributed by atoms with Crippen molar-refractivity contribution < 1.29 is 22.8 Å². The number of ketones is 1. The van der Waals surface area contributed by atoms with Gasteiger partial charge >= 0.3 is 12.1 Å². The fourth-order valence-electron chi connectivity index (χ4n) is 1.48. The molecule has 0 spiro atoms. The Morgan fingerprint density at radius 1 is 1.20 bits per heavy atom. The fourth-order valence-corrected chi connectivity index (χ4v) is 1.48. The van der Waals surface area contributed by atoms with E-state index in [1.54, 1.807) is 0 Å². The van der Waals surface area contributed by atoms with E-state index < -0.39 is 12.1 Å². The Hall–Kier alpha value is -1.60. The molecule has 112 valence electrons. The number of halogens is 4. The molecule has 0 aliphatic carbocycles. The van der Waals surface area contributed by atoms with Gasteiger partial charge in [-0.1, -0.05) is 24.3 Å². The minimum Gasteiger partial charge on any atom is -0.334 e. The van der Waals surface area contributed by atoms with E-state index in [1.165, 1.54) is 24.3 Å². The number of nitrogens with zero attached hydrogens (tertiary/aromatic N) is 1. The topological polar surface area (TPSA) is 63.4 Å². The van der Waals surface area contributed by atoms with Gasteiger partial charge in [-0.15, -0.1) is 12.4 Å². The van der Waals surface area contributed by atoms with Gasteiger partial charge in [-0.05, 0) is 5.56 Å². The van der Waals surface area contributed by atoms with Gasteiger partial charge in [-0.2, -0.15) is 13.2 Å². The van der Waals surface area contributed by atoms with Crippen molar-refractivity contribution in [3.05, 3.63) is 35.4 Å². The van der Waals surface area contributed by atoms with E-state index in [-0.39, 0.29) is 31.3 Å². The lowest BCUT2D eigenvalue weighted by atomic mass is 10.1. The first-order chi connectivity index (χ1) is 8.75. The Kier molecular flexibility index (Phi) is 6.67. The van der Waals surface area contributed by atoms with Crippen molar-refractivity contribution in [1.29, 1.82) is 0 Å². The van der Waals surface area contributed by atoms with Crippen LogP contribution < -0.4 is 5.73 Å². The number of alkyl halides is 3. The maximum absolute atomic E-state index is 12.2. The lowest BCUT2D eigenvalue weighted by Gasteiger charge is -2.18. The SMILES string of the molecule is CN(Cc1ccc(C(=O)CN)cc1)C(=O)C(F)(F)F.Cl. The lowest BCUT2D eigenvalue weighted by Crippen LogP contribution is -2.37. The highest BCUT2D eigenvalue weighted by molar-refractivity contribution is 5.97. The summed E-state index contributed by atoms with van der Waals surface area (Å²) >= 11 is 0. The summed E-state index contributed by atoms with van der Waals surface area (Å²) < 4.78 is 36.5. The first-order valence-corrected chi connectivity index (χ1v) is 5.40. The van der Waals surface area contributed by atoms with Crippen LogP contribution in [0.15, 0.2) is 24.3 Å². The molecule has 0 saturated carbocycles. The van der Waals surface area contributed by atoms with Gasteiger partial charge in [0.25, 0.3) is 0 Å². The Morgan fingerprint density at radius 2 is 1.70 bits per heavy atom. The summed E-state index contributed by atoms with van der Waals surface area (Å²) in [6, 6.07) is 5.92. The molecule has 0 fully saturated rings. The number of rotatable bonds is 4. The van der Waals surface area contributed by atoms with E-state index in [0.717, 1.165) is 7.05 Å². The van der Waals surface area contributed by atoms with Crippen LogP contribution in [0.2, 0.25) is 0 Å². The summed E-state index contributed by atoms with van der Waals surface area (Å²) in [6.45, 7) is -0.318. The summed E-state index contributed by atoms with van der Waals surface area (Å²) in [4.78, 5) is 22.7. The van der Waals surface area contributed by atoms with Gasteiger partial charge in [0.05, 0.1) is 6.54 Å². The van der Waals surface area contributed by atoms with Crippen LogP contribution in [0.25, 0.3) is 0 Å². The standard InChI is InChI=1S/C12H13F3N2O2.ClH/c1-17(11(19)12(13,14)15)7-8-2-4-9(5-3-8)10(18)6-16;/h2-5H,6-7,16H2,1H3;1H. The van der Waals surface area contributed by atoms with Crippen molar-refractivity contribution in [2.45, 2.75) is 12.7 Å². The zero-order chi connectivity index (χ0) is 14.6. The number of hydrogen-bond donors (Lipinski definition) is 1. The predicted octanol–water partition coefficient (Wildman–Crippen LogP) is 1.77. The largest absolute Gasteiger partial charge is 0.471 e. The predicted molar refractivity (Wildman–Crippen MR) is 69.6 cm³/mol. The van der Waals surface area contributed by atoms with E-state index in [2.05, 4.69) is 0 Å². The summed E-state index contributed by atoms with van der Waals surface area (Å²) in [5, 5.41) is 0. The van der Waals surface area contributed by atoms with Crippen LogP contribution in [-0.2, 0) is 11.3 Å². The second-order valence-electron chi connectivity index (χ2n) is 3.98. The van der Waals surface area contributed by atoms with E-state index >= 15 is 0 Å². The second-order valence-corrected chi connectivity index (χ2v) is 3.98. The molecule has 1 amide bonds. The average molecular weight is 311 g/mol. The quantitative estimate of drug-likeness (QED) is 0.862. The van der Waals surface area contributed by atoms with Crippen LogP contribution >= 0.6 is 12.4 Å². The Balaban J connectivity index is 0.00000361. The summed E-state index contributed by atoms with van der Waals surface area (Å²) in [6.07, 6.45) is -4.88. The van der Waals surface area contributed by atoms with Crippen LogP contribution in [0, 0.1) is 0 Å². The van der Waals surface area contributed by atoms with Crippen molar-refractivity contribution in [2.75, 3.05) is 13.6 Å². The van der Waals surface area contributed by atoms with Crippen molar-refractivity contribution in [2.24, 2.45) is 5.73 Å². The van der Waals surface area contributed by atoms with Gasteiger partial charge in [-0.3, -0.25) is 9.59 Å². The molecule has 0 aliphatic heterocycles. The third-order valence-corrected chi connectivity index (χ3v) is 2.47. The summed E-state index contributed by atoms with van der Waals surface area (Å²) in [5.41, 5.74) is 6.06. The molecular weight excluding hydrogens is 297 g/mol. The molecule has 20 heavy (non-hydrogen) atoms. The van der Waals surface area contributed by atoms with Crippen molar-refractivity contribution >= 4 is 24.1 Å². The zero-order valence-corrected chi connectivity index (χ0v) is 11.4. The molecule has 0 bridgehead atoms. The summed E-state index contributed by atoms with van der Waals surface area (Å²) in [5.74, 6) is -2.17. The first kappa shape index (κ1) is 18.4. The van der Waals surface area contributed by atoms with Crippen LogP contribution in [0.1, 0.15) is 15.9 Å². The summed E-state index contributed by atoms with van der Waals surface area (Å²) in [7, 11) is 1.06. The van der Waals surface area contributed by atoms with Gasteiger partial charge in [0.15, 0.2) is 5.78 Å². The van der Waals surface area contributed by atoms with Gasteiger partial charge in [0.2, 0.25) is 0 Å². The van der Waals surface area contributed by atoms with Crippen molar-refractivity contribution in [3.8, 4) is 0 Å². The van der Waals surface area contributed by atoms with E-state index in [1.807, 2.05) is 0 Å². The van der Waals surface area contributed by atoms with Crippen LogP contribution in [0.4, 0.5) is 13.2 Å². The van der Waals surface area contributed by atoms with Crippen molar-refractivity contribution in [1.82, 2.24) is 4.90 Å². The molecule has 0 aliphatic rings. The minimum absolute atomic E-state index is 0. The number of benzene rings is 1. The van der Waals surface area contributed by atoms with Crippen LogP contribution in [0.5, 0.6) is 0 Å². The van der Waals surface area contributed by atoms with Crippen molar-refractivity contribution in [3.63, 3.8) is 0 Å². The molecule has 1 aromatic rings. The van der Waals surface area contributed by atoms with E-state index in [9.17, 15) is 22.8 Å². The fraction of sp³-hybridized carbons (Fsp3) is 0.333. The highest BCUT2D eigenvalue weighted by atomic mass is 35.5. The van der Waals surface area contributed by atoms with Gasteiger partial charge in [-0.25, -0.2) is 0 Å². The maximum Gasteiger partial charge on any atom is 0.471 e. The Labute approximate surface area is 120 Å². The third kappa shape index (κ3) is 4.82. The molecule has 4 nitrogen and oxygen atoms in total. The highest BCUT2D eigenvalue weighted by Crippen LogP contribution is 2.19. The number of nitrogens with two attached hydrogens (primary N) is 1. The minimum atomic E-state index is -4.88. The number of amides is 1. The maximum atomic E-state index is 12.2. The zero-order valence-electron chi connectivity index (χ0n) is 10.6. The molecule has 0 aromatic heterocycles. The molecule has 0 saturated heterocycles. The van der Waals surface area contributed by atoms with Gasteiger partial charge in [0, 0.05) is 19.2 Å². The second kappa shape index (κ2) is 7.25. The first-order valence-electron chi connectivity index (χ1n) is 5.40. The molecule has 0 heterocycles. The van der Waals surface area contributed by atoms with Gasteiger partial charge in [0.1, 0.15) is 0 Å². The van der Waals surface area contributed by atoms with Gasteiger partial charge < -0.3 is 10.6 Å². The van der Waals surface area contributed by atoms with Crippen LogP contribution in [-0.4, -0.2) is 36.4 Å². The lowest BCUT2D eigenvalue weighted by molar-refractivity contribution is -0.184. The number of hydrogen-bond acceptors (Lipinski definition) is 3. The van der Waals surface area contributed by atoms with E-state index in [4.69, 9.17) is 5.73 Å². The number of carbonyl (C=O) groups excluding carboxylic acids is 2. The smallest absolute Gasteiger partial charge is 0.334 e.